The van der Waals surface area contributed by atoms with Crippen molar-refractivity contribution in [2.24, 2.45) is 0 Å². The summed E-state index contributed by atoms with van der Waals surface area (Å²) in [7, 11) is 0. The fourth-order valence-electron chi connectivity index (χ4n) is 1.19. The molecule has 14 heavy (non-hydrogen) atoms. The van der Waals surface area contributed by atoms with Crippen molar-refractivity contribution in [2.45, 2.75) is 39.4 Å². The van der Waals surface area contributed by atoms with E-state index in [4.69, 9.17) is 0 Å². The Morgan fingerprint density at radius 3 is 2.71 bits per heavy atom. The second kappa shape index (κ2) is 5.10. The lowest BCUT2D eigenvalue weighted by Crippen LogP contribution is -2.21. The molecule has 1 heterocycles. The van der Waals surface area contributed by atoms with Gasteiger partial charge in [0.15, 0.2) is 0 Å². The summed E-state index contributed by atoms with van der Waals surface area (Å²) >= 11 is 0. The van der Waals surface area contributed by atoms with Gasteiger partial charge in [-0.25, -0.2) is 8.78 Å². The standard InChI is InChI=1S/C10H16F2N2/c1-8(2)13-5-9-3-4-14(6-9)7-10(11)12/h3-4,6,8,10,13H,5,7H2,1-2H3. The highest BCUT2D eigenvalue weighted by Gasteiger charge is 2.04. The van der Waals surface area contributed by atoms with Gasteiger partial charge in [-0.1, -0.05) is 13.8 Å². The van der Waals surface area contributed by atoms with Crippen LogP contribution in [0.15, 0.2) is 18.5 Å². The van der Waals surface area contributed by atoms with E-state index in [1.54, 1.807) is 12.4 Å². The second-order valence-corrected chi connectivity index (χ2v) is 3.64. The molecule has 0 spiro atoms. The minimum absolute atomic E-state index is 0.221. The van der Waals surface area contributed by atoms with Crippen molar-refractivity contribution in [3.05, 3.63) is 24.0 Å². The van der Waals surface area contributed by atoms with Gasteiger partial charge in [-0.05, 0) is 11.6 Å². The largest absolute Gasteiger partial charge is 0.348 e. The average Bonchev–Trinajstić information content (AvgIpc) is 2.47. The number of halogens is 2. The van der Waals surface area contributed by atoms with E-state index in [1.807, 2.05) is 6.07 Å². The van der Waals surface area contributed by atoms with Crippen molar-refractivity contribution in [3.63, 3.8) is 0 Å². The van der Waals surface area contributed by atoms with Gasteiger partial charge < -0.3 is 9.88 Å². The normalized spacial score (nSPS) is 11.6. The van der Waals surface area contributed by atoms with Crippen molar-refractivity contribution >= 4 is 0 Å². The number of hydrogen-bond donors (Lipinski definition) is 1. The van der Waals surface area contributed by atoms with E-state index in [2.05, 4.69) is 19.2 Å². The zero-order valence-corrected chi connectivity index (χ0v) is 8.50. The number of alkyl halides is 2. The third-order valence-electron chi connectivity index (χ3n) is 1.87. The Kier molecular flexibility index (Phi) is 4.07. The molecule has 0 aliphatic heterocycles. The van der Waals surface area contributed by atoms with Gasteiger partial charge in [0, 0.05) is 25.0 Å². The van der Waals surface area contributed by atoms with E-state index >= 15 is 0 Å². The second-order valence-electron chi connectivity index (χ2n) is 3.64. The van der Waals surface area contributed by atoms with Crippen LogP contribution in [0.5, 0.6) is 0 Å². The van der Waals surface area contributed by atoms with Crippen LogP contribution in [-0.2, 0) is 13.1 Å². The zero-order valence-electron chi connectivity index (χ0n) is 8.50. The van der Waals surface area contributed by atoms with E-state index in [-0.39, 0.29) is 6.54 Å². The topological polar surface area (TPSA) is 17.0 Å². The summed E-state index contributed by atoms with van der Waals surface area (Å²) in [4.78, 5) is 0. The SMILES string of the molecule is CC(C)NCc1ccn(CC(F)F)c1. The summed E-state index contributed by atoms with van der Waals surface area (Å²) in [5.74, 6) is 0. The number of nitrogens with zero attached hydrogens (tertiary/aromatic N) is 1. The van der Waals surface area contributed by atoms with Crippen LogP contribution in [-0.4, -0.2) is 17.0 Å². The van der Waals surface area contributed by atoms with Crippen LogP contribution in [0.1, 0.15) is 19.4 Å². The number of hydrogen-bond acceptors (Lipinski definition) is 1. The predicted octanol–water partition coefficient (Wildman–Crippen LogP) is 2.25. The first-order valence-corrected chi connectivity index (χ1v) is 4.74. The monoisotopic (exact) mass is 202 g/mol. The molecule has 0 fully saturated rings. The van der Waals surface area contributed by atoms with Gasteiger partial charge in [0.2, 0.25) is 0 Å². The van der Waals surface area contributed by atoms with Crippen LogP contribution in [0, 0.1) is 0 Å². The maximum atomic E-state index is 12.0. The van der Waals surface area contributed by atoms with Crippen molar-refractivity contribution < 1.29 is 8.78 Å². The molecule has 1 rings (SSSR count). The molecule has 0 bridgehead atoms. The van der Waals surface area contributed by atoms with Crippen LogP contribution >= 0.6 is 0 Å². The van der Waals surface area contributed by atoms with E-state index in [0.29, 0.717) is 6.04 Å². The zero-order chi connectivity index (χ0) is 10.6. The van der Waals surface area contributed by atoms with Crippen LogP contribution in [0.3, 0.4) is 0 Å². The van der Waals surface area contributed by atoms with Crippen LogP contribution in [0.4, 0.5) is 8.78 Å². The lowest BCUT2D eigenvalue weighted by atomic mass is 10.3. The van der Waals surface area contributed by atoms with E-state index in [1.165, 1.54) is 4.57 Å². The highest BCUT2D eigenvalue weighted by atomic mass is 19.3. The molecule has 1 N–H and O–H groups in total. The lowest BCUT2D eigenvalue weighted by Gasteiger charge is -2.05. The molecule has 4 heteroatoms. The molecular formula is C10H16F2N2. The number of nitrogens with one attached hydrogen (secondary N) is 1. The van der Waals surface area contributed by atoms with Gasteiger partial charge in [-0.15, -0.1) is 0 Å². The first kappa shape index (κ1) is 11.2. The first-order chi connectivity index (χ1) is 6.58. The molecule has 2 nitrogen and oxygen atoms in total. The van der Waals surface area contributed by atoms with Crippen molar-refractivity contribution in [1.29, 1.82) is 0 Å². The molecule has 0 unspecified atom stereocenters. The van der Waals surface area contributed by atoms with E-state index in [0.717, 1.165) is 12.1 Å². The highest BCUT2D eigenvalue weighted by Crippen LogP contribution is 2.04. The van der Waals surface area contributed by atoms with Gasteiger partial charge in [-0.3, -0.25) is 0 Å². The molecule has 0 atom stereocenters. The predicted molar refractivity (Wildman–Crippen MR) is 52.4 cm³/mol. The third-order valence-corrected chi connectivity index (χ3v) is 1.87. The van der Waals surface area contributed by atoms with Crippen molar-refractivity contribution in [3.8, 4) is 0 Å². The Hall–Kier alpha value is -0.900. The molecule has 0 aromatic carbocycles. The quantitative estimate of drug-likeness (QED) is 0.775. The fourth-order valence-corrected chi connectivity index (χ4v) is 1.19. The van der Waals surface area contributed by atoms with Gasteiger partial charge in [0.05, 0.1) is 6.54 Å². The Labute approximate surface area is 82.9 Å². The fraction of sp³-hybridized carbons (Fsp3) is 0.600. The van der Waals surface area contributed by atoms with Gasteiger partial charge in [-0.2, -0.15) is 0 Å². The lowest BCUT2D eigenvalue weighted by molar-refractivity contribution is 0.126. The summed E-state index contributed by atoms with van der Waals surface area (Å²) in [6.07, 6.45) is 1.15. The highest BCUT2D eigenvalue weighted by molar-refractivity contribution is 5.10. The first-order valence-electron chi connectivity index (χ1n) is 4.74. The molecule has 0 aliphatic rings. The van der Waals surface area contributed by atoms with Gasteiger partial charge in [0.25, 0.3) is 6.43 Å². The summed E-state index contributed by atoms with van der Waals surface area (Å²) in [6.45, 7) is 4.61. The minimum atomic E-state index is -2.28. The van der Waals surface area contributed by atoms with Crippen LogP contribution in [0.2, 0.25) is 0 Å². The van der Waals surface area contributed by atoms with Gasteiger partial charge in [0.1, 0.15) is 0 Å². The number of aromatic nitrogens is 1. The smallest absolute Gasteiger partial charge is 0.256 e. The van der Waals surface area contributed by atoms with Crippen LogP contribution < -0.4 is 5.32 Å². The van der Waals surface area contributed by atoms with Crippen LogP contribution in [0.25, 0.3) is 0 Å². The minimum Gasteiger partial charge on any atom is -0.348 e. The summed E-state index contributed by atoms with van der Waals surface area (Å²) < 4.78 is 25.5. The van der Waals surface area contributed by atoms with E-state index in [9.17, 15) is 8.78 Å². The molecular weight excluding hydrogens is 186 g/mol. The molecule has 0 radical (unpaired) electrons. The molecule has 1 aromatic rings. The molecule has 0 amide bonds. The van der Waals surface area contributed by atoms with Crippen molar-refractivity contribution in [2.75, 3.05) is 0 Å². The molecule has 0 aliphatic carbocycles. The number of rotatable bonds is 5. The Balaban J connectivity index is 2.42. The van der Waals surface area contributed by atoms with E-state index < -0.39 is 6.43 Å². The van der Waals surface area contributed by atoms with Crippen molar-refractivity contribution in [1.82, 2.24) is 9.88 Å². The Morgan fingerprint density at radius 1 is 1.43 bits per heavy atom. The third kappa shape index (κ3) is 3.87. The summed E-state index contributed by atoms with van der Waals surface area (Å²) in [5.41, 5.74) is 1.04. The molecule has 80 valence electrons. The Morgan fingerprint density at radius 2 is 2.14 bits per heavy atom. The van der Waals surface area contributed by atoms with Gasteiger partial charge >= 0.3 is 0 Å². The average molecular weight is 202 g/mol. The summed E-state index contributed by atoms with van der Waals surface area (Å²) in [6, 6.07) is 2.27. The Bertz CT molecular complexity index is 269. The maximum absolute atomic E-state index is 12.0. The molecule has 1 aromatic heterocycles. The molecule has 0 saturated heterocycles. The maximum Gasteiger partial charge on any atom is 0.256 e. The summed E-state index contributed by atoms with van der Waals surface area (Å²) in [5, 5.41) is 3.23. The molecule has 0 saturated carbocycles.